The molecule has 0 bridgehead atoms. The zero-order chi connectivity index (χ0) is 13.0. The van der Waals surface area contributed by atoms with Crippen LogP contribution in [-0.4, -0.2) is 4.57 Å². The van der Waals surface area contributed by atoms with E-state index in [1.165, 1.54) is 5.69 Å². The lowest BCUT2D eigenvalue weighted by atomic mass is 10.3. The number of nitrogens with one attached hydrogen (secondary N) is 1. The number of aryl methyl sites for hydroxylation is 1. The molecule has 0 atom stereocenters. The van der Waals surface area contributed by atoms with E-state index in [0.717, 1.165) is 25.2 Å². The van der Waals surface area contributed by atoms with Crippen LogP contribution in [0.15, 0.2) is 36.5 Å². The van der Waals surface area contributed by atoms with E-state index in [-0.39, 0.29) is 0 Å². The number of benzene rings is 1. The van der Waals surface area contributed by atoms with E-state index >= 15 is 0 Å². The summed E-state index contributed by atoms with van der Waals surface area (Å²) >= 11 is 12.1. The lowest BCUT2D eigenvalue weighted by molar-refractivity contribution is 0.654. The van der Waals surface area contributed by atoms with Crippen LogP contribution in [0.3, 0.4) is 0 Å². The Kier molecular flexibility index (Phi) is 4.56. The summed E-state index contributed by atoms with van der Waals surface area (Å²) in [6, 6.07) is 9.61. The van der Waals surface area contributed by atoms with Crippen LogP contribution in [0, 0.1) is 0 Å². The second-order valence-electron chi connectivity index (χ2n) is 4.17. The van der Waals surface area contributed by atoms with Crippen molar-refractivity contribution in [3.8, 4) is 0 Å². The van der Waals surface area contributed by atoms with E-state index in [4.69, 9.17) is 23.2 Å². The van der Waals surface area contributed by atoms with Gasteiger partial charge in [-0.05, 0) is 36.8 Å². The number of hydrogen-bond acceptors (Lipinski definition) is 1. The van der Waals surface area contributed by atoms with Crippen molar-refractivity contribution in [2.75, 3.05) is 5.32 Å². The van der Waals surface area contributed by atoms with Crippen molar-refractivity contribution >= 4 is 28.9 Å². The topological polar surface area (TPSA) is 17.0 Å². The lowest BCUT2D eigenvalue weighted by Crippen LogP contribution is -2.07. The largest absolute Gasteiger partial charge is 0.378 e. The Morgan fingerprint density at radius 1 is 1.22 bits per heavy atom. The lowest BCUT2D eigenvalue weighted by Gasteiger charge is -2.11. The minimum Gasteiger partial charge on any atom is -0.378 e. The number of anilines is 1. The van der Waals surface area contributed by atoms with Crippen LogP contribution in [0.4, 0.5) is 5.69 Å². The van der Waals surface area contributed by atoms with Gasteiger partial charge >= 0.3 is 0 Å². The van der Waals surface area contributed by atoms with Crippen molar-refractivity contribution in [2.24, 2.45) is 0 Å². The average molecular weight is 283 g/mol. The van der Waals surface area contributed by atoms with Crippen LogP contribution < -0.4 is 5.32 Å². The molecule has 18 heavy (non-hydrogen) atoms. The van der Waals surface area contributed by atoms with Crippen molar-refractivity contribution < 1.29 is 0 Å². The Morgan fingerprint density at radius 3 is 2.83 bits per heavy atom. The normalized spacial score (nSPS) is 10.6. The van der Waals surface area contributed by atoms with E-state index in [0.29, 0.717) is 10.0 Å². The number of halogens is 2. The molecular formula is C14H16Cl2N2. The number of aromatic nitrogens is 1. The molecule has 1 aromatic carbocycles. The molecule has 0 saturated carbocycles. The maximum atomic E-state index is 6.11. The van der Waals surface area contributed by atoms with Gasteiger partial charge in [0.05, 0.1) is 17.3 Å². The SMILES string of the molecule is CCCn1cccc1CNc1cc(Cl)ccc1Cl. The van der Waals surface area contributed by atoms with Gasteiger partial charge in [0.2, 0.25) is 0 Å². The van der Waals surface area contributed by atoms with E-state index in [1.807, 2.05) is 6.07 Å². The van der Waals surface area contributed by atoms with Crippen LogP contribution >= 0.6 is 23.2 Å². The molecule has 0 fully saturated rings. The average Bonchev–Trinajstić information content (AvgIpc) is 2.78. The molecule has 96 valence electrons. The molecule has 4 heteroatoms. The summed E-state index contributed by atoms with van der Waals surface area (Å²) in [4.78, 5) is 0. The Labute approximate surface area is 118 Å². The molecule has 0 aliphatic carbocycles. The predicted molar refractivity (Wildman–Crippen MR) is 78.5 cm³/mol. The first-order chi connectivity index (χ1) is 8.70. The highest BCUT2D eigenvalue weighted by molar-refractivity contribution is 6.35. The third kappa shape index (κ3) is 3.21. The Balaban J connectivity index is 2.06. The van der Waals surface area contributed by atoms with Gasteiger partial charge in [0, 0.05) is 23.5 Å². The van der Waals surface area contributed by atoms with Gasteiger partial charge in [-0.3, -0.25) is 0 Å². The van der Waals surface area contributed by atoms with Gasteiger partial charge in [0.15, 0.2) is 0 Å². The fraction of sp³-hybridized carbons (Fsp3) is 0.286. The minimum atomic E-state index is 0.686. The van der Waals surface area contributed by atoms with E-state index < -0.39 is 0 Å². The fourth-order valence-corrected chi connectivity index (χ4v) is 2.24. The summed E-state index contributed by atoms with van der Waals surface area (Å²) in [5, 5.41) is 4.69. The van der Waals surface area contributed by atoms with Crippen molar-refractivity contribution in [1.82, 2.24) is 4.57 Å². The summed E-state index contributed by atoms with van der Waals surface area (Å²) in [5.74, 6) is 0. The van der Waals surface area contributed by atoms with Crippen LogP contribution in [0.25, 0.3) is 0 Å². The number of nitrogens with zero attached hydrogens (tertiary/aromatic N) is 1. The van der Waals surface area contributed by atoms with E-state index in [9.17, 15) is 0 Å². The van der Waals surface area contributed by atoms with Crippen LogP contribution in [0.5, 0.6) is 0 Å². The fourth-order valence-electron chi connectivity index (χ4n) is 1.89. The van der Waals surface area contributed by atoms with Gasteiger partial charge in [-0.2, -0.15) is 0 Å². The summed E-state index contributed by atoms with van der Waals surface area (Å²) < 4.78 is 2.24. The molecule has 0 saturated heterocycles. The van der Waals surface area contributed by atoms with Crippen LogP contribution in [0.1, 0.15) is 19.0 Å². The number of hydrogen-bond donors (Lipinski definition) is 1. The molecule has 0 radical (unpaired) electrons. The molecular weight excluding hydrogens is 267 g/mol. The molecule has 2 rings (SSSR count). The highest BCUT2D eigenvalue weighted by atomic mass is 35.5. The molecule has 2 nitrogen and oxygen atoms in total. The molecule has 1 N–H and O–H groups in total. The zero-order valence-electron chi connectivity index (χ0n) is 10.3. The van der Waals surface area contributed by atoms with E-state index in [2.05, 4.69) is 35.1 Å². The molecule has 0 unspecified atom stereocenters. The Hall–Kier alpha value is -1.12. The first kappa shape index (κ1) is 13.3. The van der Waals surface area contributed by atoms with Crippen molar-refractivity contribution in [1.29, 1.82) is 0 Å². The molecule has 0 aliphatic rings. The Morgan fingerprint density at radius 2 is 2.06 bits per heavy atom. The van der Waals surface area contributed by atoms with Gasteiger partial charge in [0.25, 0.3) is 0 Å². The standard InChI is InChI=1S/C14H16Cl2N2/c1-2-7-18-8-3-4-12(18)10-17-14-9-11(15)5-6-13(14)16/h3-6,8-9,17H,2,7,10H2,1H3. The quantitative estimate of drug-likeness (QED) is 0.832. The summed E-state index contributed by atoms with van der Waals surface area (Å²) in [6.07, 6.45) is 3.22. The molecule has 0 amide bonds. The molecule has 1 heterocycles. The zero-order valence-corrected chi connectivity index (χ0v) is 11.8. The molecule has 2 aromatic rings. The molecule has 0 spiro atoms. The van der Waals surface area contributed by atoms with Crippen molar-refractivity contribution in [3.05, 3.63) is 52.3 Å². The third-order valence-electron chi connectivity index (χ3n) is 2.78. The highest BCUT2D eigenvalue weighted by Crippen LogP contribution is 2.25. The smallest absolute Gasteiger partial charge is 0.0638 e. The van der Waals surface area contributed by atoms with Gasteiger partial charge in [0.1, 0.15) is 0 Å². The Bertz CT molecular complexity index is 520. The third-order valence-corrected chi connectivity index (χ3v) is 3.34. The van der Waals surface area contributed by atoms with Crippen LogP contribution in [-0.2, 0) is 13.1 Å². The van der Waals surface area contributed by atoms with Crippen molar-refractivity contribution in [2.45, 2.75) is 26.4 Å². The van der Waals surface area contributed by atoms with Crippen molar-refractivity contribution in [3.63, 3.8) is 0 Å². The van der Waals surface area contributed by atoms with E-state index in [1.54, 1.807) is 12.1 Å². The minimum absolute atomic E-state index is 0.686. The maximum absolute atomic E-state index is 6.11. The summed E-state index contributed by atoms with van der Waals surface area (Å²) in [6.45, 7) is 3.95. The summed E-state index contributed by atoms with van der Waals surface area (Å²) in [7, 11) is 0. The van der Waals surface area contributed by atoms with Gasteiger partial charge < -0.3 is 9.88 Å². The maximum Gasteiger partial charge on any atom is 0.0638 e. The monoisotopic (exact) mass is 282 g/mol. The predicted octanol–water partition coefficient (Wildman–Crippen LogP) is 4.82. The second-order valence-corrected chi connectivity index (χ2v) is 5.01. The second kappa shape index (κ2) is 6.17. The van der Waals surface area contributed by atoms with Gasteiger partial charge in [-0.25, -0.2) is 0 Å². The number of rotatable bonds is 5. The molecule has 0 aliphatic heterocycles. The highest BCUT2D eigenvalue weighted by Gasteiger charge is 2.03. The molecule has 1 aromatic heterocycles. The van der Waals surface area contributed by atoms with Gasteiger partial charge in [-0.15, -0.1) is 0 Å². The summed E-state index contributed by atoms with van der Waals surface area (Å²) in [5.41, 5.74) is 2.11. The first-order valence-corrected chi connectivity index (χ1v) is 6.79. The first-order valence-electron chi connectivity index (χ1n) is 6.03. The van der Waals surface area contributed by atoms with Gasteiger partial charge in [-0.1, -0.05) is 30.1 Å². The van der Waals surface area contributed by atoms with Crippen LogP contribution in [0.2, 0.25) is 10.0 Å².